The lowest BCUT2D eigenvalue weighted by molar-refractivity contribution is -0.0168. The van der Waals surface area contributed by atoms with Crippen LogP contribution in [0, 0.1) is 29.6 Å². The smallest absolute Gasteiger partial charge is 0.0552 e. The van der Waals surface area contributed by atoms with E-state index in [-0.39, 0.29) is 0 Å². The average Bonchev–Trinajstić information content (AvgIpc) is 2.16. The van der Waals surface area contributed by atoms with Crippen LogP contribution in [0.5, 0.6) is 0 Å². The Labute approximate surface area is 93.3 Å². The third-order valence-electron chi connectivity index (χ3n) is 4.66. The first kappa shape index (κ1) is 11.1. The lowest BCUT2D eigenvalue weighted by atomic mass is 9.54. The summed E-state index contributed by atoms with van der Waals surface area (Å²) in [6.07, 6.45) is 3.04. The van der Waals surface area contributed by atoms with E-state index in [0.717, 1.165) is 24.2 Å². The zero-order valence-corrected chi connectivity index (χ0v) is 10.4. The van der Waals surface area contributed by atoms with Gasteiger partial charge in [0.05, 0.1) is 6.04 Å². The van der Waals surface area contributed by atoms with Crippen LogP contribution in [0.4, 0.5) is 0 Å². The van der Waals surface area contributed by atoms with Crippen molar-refractivity contribution in [2.24, 2.45) is 40.3 Å². The Morgan fingerprint density at radius 3 is 2.40 bits per heavy atom. The molecule has 0 spiro atoms. The Balaban J connectivity index is 2.25. The molecule has 0 radical (unpaired) electrons. The summed E-state index contributed by atoms with van der Waals surface area (Å²) in [5, 5.41) is 0. The summed E-state index contributed by atoms with van der Waals surface area (Å²) in [6.45, 7) is 9.33. The number of nitrogens with two attached hydrogens (primary N) is 1. The van der Waals surface area contributed by atoms with E-state index in [2.05, 4.69) is 38.9 Å². The summed E-state index contributed by atoms with van der Waals surface area (Å²) in [6, 6.07) is 0.883. The Morgan fingerprint density at radius 2 is 1.87 bits per heavy atom. The van der Waals surface area contributed by atoms with Crippen molar-refractivity contribution in [1.82, 2.24) is 0 Å². The maximum Gasteiger partial charge on any atom is 0.0552 e. The topological polar surface area (TPSA) is 38.4 Å². The highest BCUT2D eigenvalue weighted by Crippen LogP contribution is 2.50. The molecule has 2 bridgehead atoms. The van der Waals surface area contributed by atoms with E-state index in [1.165, 1.54) is 0 Å². The zero-order chi connectivity index (χ0) is 11.2. The maximum absolute atomic E-state index is 6.30. The number of rotatable bonds is 1. The molecule has 4 unspecified atom stereocenters. The van der Waals surface area contributed by atoms with Gasteiger partial charge in [-0.15, -0.1) is 0 Å². The van der Waals surface area contributed by atoms with Gasteiger partial charge in [-0.25, -0.2) is 0 Å². The molecule has 86 valence electrons. The molecule has 2 nitrogen and oxygen atoms in total. The second-order valence-electron chi connectivity index (χ2n) is 5.84. The molecular formula is C13H24N2. The molecule has 15 heavy (non-hydrogen) atoms. The minimum absolute atomic E-state index is 0.310. The van der Waals surface area contributed by atoms with Crippen molar-refractivity contribution in [2.45, 2.75) is 46.2 Å². The summed E-state index contributed by atoms with van der Waals surface area (Å²) in [5.41, 5.74) is 6.30. The minimum Gasteiger partial charge on any atom is -0.327 e. The Hall–Kier alpha value is -0.370. The van der Waals surface area contributed by atoms with Crippen LogP contribution in [-0.4, -0.2) is 18.3 Å². The van der Waals surface area contributed by atoms with Crippen LogP contribution in [0.1, 0.15) is 34.1 Å². The molecule has 1 saturated carbocycles. The van der Waals surface area contributed by atoms with Gasteiger partial charge in [0.1, 0.15) is 0 Å². The molecule has 3 rings (SSSR count). The van der Waals surface area contributed by atoms with Crippen LogP contribution in [0.15, 0.2) is 4.99 Å². The van der Waals surface area contributed by atoms with Crippen molar-refractivity contribution in [3.63, 3.8) is 0 Å². The summed E-state index contributed by atoms with van der Waals surface area (Å²) in [4.78, 5) is 4.65. The summed E-state index contributed by atoms with van der Waals surface area (Å²) >= 11 is 0. The number of aliphatic imine (C=N–C) groups is 1. The summed E-state index contributed by atoms with van der Waals surface area (Å²) < 4.78 is 0. The van der Waals surface area contributed by atoms with Crippen LogP contribution in [0.25, 0.3) is 0 Å². The normalized spacial score (nSPS) is 51.9. The summed E-state index contributed by atoms with van der Waals surface area (Å²) in [5.74, 6) is 3.63. The van der Waals surface area contributed by atoms with Crippen molar-refractivity contribution in [1.29, 1.82) is 0 Å². The highest BCUT2D eigenvalue weighted by molar-refractivity contribution is 5.59. The molecule has 0 aromatic rings. The Bertz CT molecular complexity index is 249. The van der Waals surface area contributed by atoms with E-state index in [1.54, 1.807) is 0 Å². The van der Waals surface area contributed by atoms with Crippen molar-refractivity contribution >= 4 is 6.21 Å². The van der Waals surface area contributed by atoms with Gasteiger partial charge in [0.25, 0.3) is 0 Å². The van der Waals surface area contributed by atoms with Gasteiger partial charge in [-0.05, 0) is 36.0 Å². The largest absolute Gasteiger partial charge is 0.327 e. The fourth-order valence-electron chi connectivity index (χ4n) is 3.93. The number of hydrogen-bond donors (Lipinski definition) is 1. The molecule has 1 fully saturated rings. The first-order valence-electron chi connectivity index (χ1n) is 6.31. The molecule has 0 amide bonds. The van der Waals surface area contributed by atoms with E-state index in [0.29, 0.717) is 23.9 Å². The summed E-state index contributed by atoms with van der Waals surface area (Å²) in [7, 11) is 0. The number of hydrogen-bond acceptors (Lipinski definition) is 2. The van der Waals surface area contributed by atoms with Crippen LogP contribution in [0.3, 0.4) is 0 Å². The van der Waals surface area contributed by atoms with Crippen molar-refractivity contribution in [3.05, 3.63) is 0 Å². The van der Waals surface area contributed by atoms with Gasteiger partial charge in [0, 0.05) is 12.3 Å². The Morgan fingerprint density at radius 1 is 1.27 bits per heavy atom. The molecule has 0 aromatic carbocycles. The third-order valence-corrected chi connectivity index (χ3v) is 4.66. The first-order valence-corrected chi connectivity index (χ1v) is 6.31. The molecule has 2 heteroatoms. The van der Waals surface area contributed by atoms with Gasteiger partial charge in [0.15, 0.2) is 0 Å². The van der Waals surface area contributed by atoms with E-state index in [1.807, 2.05) is 0 Å². The van der Waals surface area contributed by atoms with Crippen LogP contribution >= 0.6 is 0 Å². The number of nitrogens with zero attached hydrogens (tertiary/aromatic N) is 1. The molecule has 1 aliphatic carbocycles. The first-order chi connectivity index (χ1) is 7.04. The van der Waals surface area contributed by atoms with E-state index < -0.39 is 0 Å². The molecule has 0 saturated heterocycles. The second-order valence-corrected chi connectivity index (χ2v) is 5.84. The fraction of sp³-hybridized carbons (Fsp3) is 0.923. The van der Waals surface area contributed by atoms with Gasteiger partial charge >= 0.3 is 0 Å². The molecule has 4 atom stereocenters. The number of fused-ring (bicyclic) bond motifs is 3. The molecule has 2 N–H and O–H groups in total. The quantitative estimate of drug-likeness (QED) is 0.705. The predicted octanol–water partition coefficient (Wildman–Crippen LogP) is 2.33. The zero-order valence-electron chi connectivity index (χ0n) is 10.4. The van der Waals surface area contributed by atoms with Crippen molar-refractivity contribution in [2.75, 3.05) is 0 Å². The highest BCUT2D eigenvalue weighted by Gasteiger charge is 2.51. The van der Waals surface area contributed by atoms with Gasteiger partial charge in [0.2, 0.25) is 0 Å². The average molecular weight is 208 g/mol. The molecule has 0 aromatic heterocycles. The van der Waals surface area contributed by atoms with Crippen LogP contribution in [0.2, 0.25) is 0 Å². The van der Waals surface area contributed by atoms with Crippen molar-refractivity contribution in [3.8, 4) is 0 Å². The highest BCUT2D eigenvalue weighted by atomic mass is 14.9. The van der Waals surface area contributed by atoms with Crippen LogP contribution < -0.4 is 5.73 Å². The second kappa shape index (κ2) is 3.89. The Kier molecular flexibility index (Phi) is 2.89. The van der Waals surface area contributed by atoms with Crippen LogP contribution in [-0.2, 0) is 0 Å². The molecule has 2 heterocycles. The SMILES string of the molecule is CC(C)C1C(N)C/C=N\C2C(C)C1C2C. The van der Waals surface area contributed by atoms with Crippen molar-refractivity contribution < 1.29 is 0 Å². The predicted molar refractivity (Wildman–Crippen MR) is 65.0 cm³/mol. The lowest BCUT2D eigenvalue weighted by Gasteiger charge is -2.54. The minimum atomic E-state index is 0.310. The van der Waals surface area contributed by atoms with E-state index in [9.17, 15) is 0 Å². The van der Waals surface area contributed by atoms with Gasteiger partial charge in [-0.1, -0.05) is 27.7 Å². The lowest BCUT2D eigenvalue weighted by Crippen LogP contribution is -2.57. The standard InChI is InChI=1S/C13H24N2/c1-7(2)11-10(14)5-6-15-13-8(3)12(11)9(13)4/h6-13H,5,14H2,1-4H3/b15-6-. The third kappa shape index (κ3) is 1.63. The van der Waals surface area contributed by atoms with E-state index >= 15 is 0 Å². The van der Waals surface area contributed by atoms with Gasteiger partial charge in [-0.2, -0.15) is 0 Å². The molecule has 3 aliphatic rings. The molecule has 2 aliphatic heterocycles. The van der Waals surface area contributed by atoms with Gasteiger partial charge in [-0.3, -0.25) is 4.99 Å². The van der Waals surface area contributed by atoms with Gasteiger partial charge < -0.3 is 5.73 Å². The molecular weight excluding hydrogens is 184 g/mol. The fourth-order valence-corrected chi connectivity index (χ4v) is 3.93. The maximum atomic E-state index is 6.30. The monoisotopic (exact) mass is 208 g/mol. The van der Waals surface area contributed by atoms with E-state index in [4.69, 9.17) is 5.73 Å².